The van der Waals surface area contributed by atoms with E-state index in [9.17, 15) is 14.0 Å². The first-order chi connectivity index (χ1) is 14.0. The monoisotopic (exact) mass is 389 g/mol. The quantitative estimate of drug-likeness (QED) is 0.671. The molecule has 29 heavy (non-hydrogen) atoms. The number of benzene rings is 2. The van der Waals surface area contributed by atoms with Crippen LogP contribution in [0, 0.1) is 11.7 Å². The van der Waals surface area contributed by atoms with Gasteiger partial charge in [-0.25, -0.2) is 4.39 Å². The van der Waals surface area contributed by atoms with Crippen molar-refractivity contribution in [1.29, 1.82) is 0 Å². The molecule has 2 unspecified atom stereocenters. The van der Waals surface area contributed by atoms with E-state index in [0.29, 0.717) is 11.4 Å². The van der Waals surface area contributed by atoms with Crippen molar-refractivity contribution in [1.82, 2.24) is 4.98 Å². The average Bonchev–Trinajstić information content (AvgIpc) is 3.51. The van der Waals surface area contributed by atoms with Gasteiger partial charge in [0.05, 0.1) is 17.1 Å². The van der Waals surface area contributed by atoms with E-state index in [1.807, 2.05) is 18.2 Å². The molecular formula is C23H20FN3O2. The molecule has 2 amide bonds. The Kier molecular flexibility index (Phi) is 5.08. The zero-order chi connectivity index (χ0) is 20.4. The van der Waals surface area contributed by atoms with Gasteiger partial charge in [0.1, 0.15) is 5.82 Å². The number of amides is 2. The fraction of sp³-hybridized carbons (Fsp3) is 0.174. The predicted molar refractivity (Wildman–Crippen MR) is 110 cm³/mol. The zero-order valence-corrected chi connectivity index (χ0v) is 15.9. The maximum Gasteiger partial charge on any atom is 0.228 e. The van der Waals surface area contributed by atoms with Crippen LogP contribution in [0.5, 0.6) is 0 Å². The smallest absolute Gasteiger partial charge is 0.228 e. The van der Waals surface area contributed by atoms with Crippen LogP contribution in [0.2, 0.25) is 0 Å². The number of rotatable bonds is 5. The minimum atomic E-state index is -0.280. The fourth-order valence-corrected chi connectivity index (χ4v) is 3.39. The molecule has 0 spiro atoms. The second-order valence-electron chi connectivity index (χ2n) is 7.15. The molecule has 1 aromatic heterocycles. The number of nitrogens with zero attached hydrogens (tertiary/aromatic N) is 1. The molecule has 0 bridgehead atoms. The Hall–Kier alpha value is -3.54. The molecule has 5 nitrogen and oxygen atoms in total. The molecule has 2 atom stereocenters. The highest BCUT2D eigenvalue weighted by atomic mass is 19.1. The third-order valence-electron chi connectivity index (χ3n) is 4.98. The Labute approximate surface area is 168 Å². The van der Waals surface area contributed by atoms with Gasteiger partial charge in [-0.3, -0.25) is 14.6 Å². The predicted octanol–water partition coefficient (Wildman–Crippen LogP) is 4.59. The number of nitrogens with one attached hydrogen (secondary N) is 2. The summed E-state index contributed by atoms with van der Waals surface area (Å²) in [4.78, 5) is 28.4. The van der Waals surface area contributed by atoms with E-state index < -0.39 is 0 Å². The standard InChI is InChI=1S/C23H20FN3O2/c1-14(28)26-21-4-2-3-5-22(21)27-23(29)19-12-18(19)16-8-11-20(25-13-16)15-6-9-17(24)10-7-15/h2-11,13,18-19H,12H2,1H3,(H,26,28)(H,27,29). The van der Waals surface area contributed by atoms with Crippen LogP contribution in [0.15, 0.2) is 66.9 Å². The topological polar surface area (TPSA) is 71.1 Å². The van der Waals surface area contributed by atoms with E-state index in [4.69, 9.17) is 0 Å². The van der Waals surface area contributed by atoms with Crippen molar-refractivity contribution < 1.29 is 14.0 Å². The Morgan fingerprint density at radius 2 is 1.66 bits per heavy atom. The summed E-state index contributed by atoms with van der Waals surface area (Å²) < 4.78 is 13.1. The van der Waals surface area contributed by atoms with Crippen LogP contribution >= 0.6 is 0 Å². The van der Waals surface area contributed by atoms with Crippen LogP contribution in [0.3, 0.4) is 0 Å². The van der Waals surface area contributed by atoms with E-state index in [1.54, 1.807) is 36.5 Å². The third-order valence-corrected chi connectivity index (χ3v) is 4.98. The van der Waals surface area contributed by atoms with Crippen molar-refractivity contribution >= 4 is 23.2 Å². The van der Waals surface area contributed by atoms with Crippen LogP contribution in [0.25, 0.3) is 11.3 Å². The van der Waals surface area contributed by atoms with Gasteiger partial charge in [-0.2, -0.15) is 0 Å². The number of aromatic nitrogens is 1. The minimum Gasteiger partial charge on any atom is -0.325 e. The Bertz CT molecular complexity index is 1050. The molecule has 1 heterocycles. The summed E-state index contributed by atoms with van der Waals surface area (Å²) in [5.74, 6) is -0.549. The van der Waals surface area contributed by atoms with Crippen LogP contribution in [-0.4, -0.2) is 16.8 Å². The van der Waals surface area contributed by atoms with Crippen molar-refractivity contribution in [2.45, 2.75) is 19.3 Å². The number of anilines is 2. The molecule has 2 aromatic carbocycles. The van der Waals surface area contributed by atoms with Crippen LogP contribution in [-0.2, 0) is 9.59 Å². The second kappa shape index (κ2) is 7.83. The summed E-state index contributed by atoms with van der Waals surface area (Å²) in [6.45, 7) is 1.43. The SMILES string of the molecule is CC(=O)Nc1ccccc1NC(=O)C1CC1c1ccc(-c2ccc(F)cc2)nc1. The summed E-state index contributed by atoms with van der Waals surface area (Å²) in [6.07, 6.45) is 2.54. The van der Waals surface area contributed by atoms with Crippen LogP contribution < -0.4 is 10.6 Å². The minimum absolute atomic E-state index is 0.0737. The highest BCUT2D eigenvalue weighted by Crippen LogP contribution is 2.48. The van der Waals surface area contributed by atoms with Gasteiger partial charge in [0, 0.05) is 24.6 Å². The van der Waals surface area contributed by atoms with Gasteiger partial charge in [0.2, 0.25) is 11.8 Å². The molecule has 0 saturated heterocycles. The van der Waals surface area contributed by atoms with E-state index in [1.165, 1.54) is 19.1 Å². The number of pyridine rings is 1. The number of hydrogen-bond donors (Lipinski definition) is 2. The highest BCUT2D eigenvalue weighted by molar-refractivity contribution is 6.00. The summed E-state index contributed by atoms with van der Waals surface area (Å²) in [7, 11) is 0. The normalized spacial score (nSPS) is 17.4. The van der Waals surface area contributed by atoms with Crippen molar-refractivity contribution in [2.75, 3.05) is 10.6 Å². The van der Waals surface area contributed by atoms with Crippen LogP contribution in [0.4, 0.5) is 15.8 Å². The maximum absolute atomic E-state index is 13.1. The molecule has 1 aliphatic rings. The maximum atomic E-state index is 13.1. The number of carbonyl (C=O) groups excluding carboxylic acids is 2. The lowest BCUT2D eigenvalue weighted by Crippen LogP contribution is -2.17. The van der Waals surface area contributed by atoms with E-state index in [0.717, 1.165) is 23.2 Å². The summed E-state index contributed by atoms with van der Waals surface area (Å²) in [5.41, 5.74) is 3.78. The first-order valence-corrected chi connectivity index (χ1v) is 9.40. The van der Waals surface area contributed by atoms with Crippen molar-refractivity contribution in [3.63, 3.8) is 0 Å². The molecule has 1 saturated carbocycles. The highest BCUT2D eigenvalue weighted by Gasteiger charge is 2.44. The molecule has 6 heteroatoms. The third kappa shape index (κ3) is 4.32. The lowest BCUT2D eigenvalue weighted by molar-refractivity contribution is -0.117. The van der Waals surface area contributed by atoms with Gasteiger partial charge >= 0.3 is 0 Å². The van der Waals surface area contributed by atoms with Crippen molar-refractivity contribution in [3.05, 3.63) is 78.2 Å². The summed E-state index contributed by atoms with van der Waals surface area (Å²) >= 11 is 0. The van der Waals surface area contributed by atoms with Gasteiger partial charge < -0.3 is 10.6 Å². The number of hydrogen-bond acceptors (Lipinski definition) is 3. The lowest BCUT2D eigenvalue weighted by atomic mass is 10.1. The lowest BCUT2D eigenvalue weighted by Gasteiger charge is -2.11. The van der Waals surface area contributed by atoms with Gasteiger partial charge in [-0.15, -0.1) is 0 Å². The van der Waals surface area contributed by atoms with Gasteiger partial charge in [-0.1, -0.05) is 18.2 Å². The van der Waals surface area contributed by atoms with Crippen LogP contribution in [0.1, 0.15) is 24.8 Å². The van der Waals surface area contributed by atoms with Gasteiger partial charge in [0.25, 0.3) is 0 Å². The molecule has 0 aliphatic heterocycles. The first kappa shape index (κ1) is 18.8. The molecule has 2 N–H and O–H groups in total. The zero-order valence-electron chi connectivity index (χ0n) is 15.9. The first-order valence-electron chi connectivity index (χ1n) is 9.40. The fourth-order valence-electron chi connectivity index (χ4n) is 3.39. The number of halogens is 1. The summed E-state index contributed by atoms with van der Waals surface area (Å²) in [5, 5.41) is 5.63. The molecule has 1 aliphatic carbocycles. The van der Waals surface area contributed by atoms with E-state index in [2.05, 4.69) is 15.6 Å². The molecule has 4 rings (SSSR count). The molecule has 0 radical (unpaired) electrons. The van der Waals surface area contributed by atoms with Crippen molar-refractivity contribution in [3.8, 4) is 11.3 Å². The number of para-hydroxylation sites is 2. The largest absolute Gasteiger partial charge is 0.325 e. The Morgan fingerprint density at radius 1 is 0.966 bits per heavy atom. The molecule has 146 valence electrons. The summed E-state index contributed by atoms with van der Waals surface area (Å²) in [6, 6.07) is 17.2. The second-order valence-corrected chi connectivity index (χ2v) is 7.15. The number of carbonyl (C=O) groups is 2. The Morgan fingerprint density at radius 3 is 2.28 bits per heavy atom. The molecular weight excluding hydrogens is 369 g/mol. The van der Waals surface area contributed by atoms with Gasteiger partial charge in [-0.05, 0) is 60.4 Å². The molecule has 1 fully saturated rings. The Balaban J connectivity index is 1.41. The van der Waals surface area contributed by atoms with E-state index in [-0.39, 0.29) is 29.5 Å². The molecule has 3 aromatic rings. The van der Waals surface area contributed by atoms with Gasteiger partial charge in [0.15, 0.2) is 0 Å². The van der Waals surface area contributed by atoms with Crippen molar-refractivity contribution in [2.24, 2.45) is 5.92 Å². The van der Waals surface area contributed by atoms with E-state index >= 15 is 0 Å². The average molecular weight is 389 g/mol.